The number of aliphatic hydroxyl groups excluding tert-OH is 1. The zero-order valence-electron chi connectivity index (χ0n) is 12.5. The first-order valence-electron chi connectivity index (χ1n) is 7.12. The summed E-state index contributed by atoms with van der Waals surface area (Å²) in [7, 11) is 0. The average Bonchev–Trinajstić information content (AvgIpc) is 3.24. The van der Waals surface area contributed by atoms with Gasteiger partial charge in [0.2, 0.25) is 0 Å². The molecular weight excluding hydrogens is 296 g/mol. The molecule has 0 saturated heterocycles. The number of nitrogens with one attached hydrogen (secondary N) is 1. The largest absolute Gasteiger partial charge is 0.467 e. The van der Waals surface area contributed by atoms with Crippen LogP contribution in [0.1, 0.15) is 27.9 Å². The summed E-state index contributed by atoms with van der Waals surface area (Å²) in [6.45, 7) is 1.72. The van der Waals surface area contributed by atoms with Gasteiger partial charge in [-0.05, 0) is 31.2 Å². The summed E-state index contributed by atoms with van der Waals surface area (Å²) in [5, 5.41) is 19.9. The van der Waals surface area contributed by atoms with Crippen molar-refractivity contribution in [2.45, 2.75) is 13.0 Å². The number of nitrogens with zero attached hydrogens (tertiary/aromatic N) is 3. The molecule has 0 aliphatic heterocycles. The molecule has 3 aromatic rings. The van der Waals surface area contributed by atoms with Gasteiger partial charge in [0.05, 0.1) is 24.8 Å². The molecule has 7 nitrogen and oxygen atoms in total. The summed E-state index contributed by atoms with van der Waals surface area (Å²) < 4.78 is 6.72. The van der Waals surface area contributed by atoms with Crippen LogP contribution >= 0.6 is 0 Å². The van der Waals surface area contributed by atoms with E-state index in [0.29, 0.717) is 5.76 Å². The Balaban J connectivity index is 1.74. The number of carbonyl (C=O) groups is 1. The van der Waals surface area contributed by atoms with E-state index >= 15 is 0 Å². The fraction of sp³-hybridized carbons (Fsp3) is 0.188. The second-order valence-corrected chi connectivity index (χ2v) is 5.11. The van der Waals surface area contributed by atoms with E-state index in [4.69, 9.17) is 4.42 Å². The minimum atomic E-state index is -0.623. The van der Waals surface area contributed by atoms with Gasteiger partial charge in [-0.2, -0.15) is 0 Å². The monoisotopic (exact) mass is 312 g/mol. The van der Waals surface area contributed by atoms with Crippen LogP contribution in [0.25, 0.3) is 5.69 Å². The van der Waals surface area contributed by atoms with Crippen LogP contribution in [0.2, 0.25) is 0 Å². The van der Waals surface area contributed by atoms with Crippen molar-refractivity contribution in [1.29, 1.82) is 0 Å². The molecule has 0 fully saturated rings. The van der Waals surface area contributed by atoms with Crippen molar-refractivity contribution in [3.05, 3.63) is 65.9 Å². The Morgan fingerprint density at radius 1 is 1.35 bits per heavy atom. The molecule has 7 heteroatoms. The van der Waals surface area contributed by atoms with Gasteiger partial charge in [0.25, 0.3) is 5.91 Å². The quantitative estimate of drug-likeness (QED) is 0.747. The normalized spacial score (nSPS) is 12.1. The first-order valence-corrected chi connectivity index (χ1v) is 7.12. The lowest BCUT2D eigenvalue weighted by Gasteiger charge is -2.12. The molecule has 0 aliphatic carbocycles. The number of benzene rings is 1. The molecule has 1 unspecified atom stereocenters. The maximum absolute atomic E-state index is 12.2. The van der Waals surface area contributed by atoms with Crippen molar-refractivity contribution in [3.8, 4) is 5.69 Å². The molecule has 1 atom stereocenters. The number of rotatable bonds is 5. The van der Waals surface area contributed by atoms with Crippen molar-refractivity contribution < 1.29 is 14.3 Å². The highest BCUT2D eigenvalue weighted by molar-refractivity contribution is 5.92. The molecule has 23 heavy (non-hydrogen) atoms. The summed E-state index contributed by atoms with van der Waals surface area (Å²) in [6.07, 6.45) is 3.02. The third kappa shape index (κ3) is 3.29. The number of aromatic nitrogens is 3. The third-order valence-electron chi connectivity index (χ3n) is 3.40. The Kier molecular flexibility index (Phi) is 4.20. The van der Waals surface area contributed by atoms with Gasteiger partial charge in [0, 0.05) is 0 Å². The first-order chi connectivity index (χ1) is 11.2. The molecule has 2 heterocycles. The van der Waals surface area contributed by atoms with E-state index in [9.17, 15) is 9.90 Å². The molecule has 1 aromatic carbocycles. The molecule has 2 aromatic heterocycles. The van der Waals surface area contributed by atoms with Crippen LogP contribution in [0.15, 0.2) is 53.3 Å². The average molecular weight is 312 g/mol. The molecular formula is C16H16N4O3. The zero-order valence-corrected chi connectivity index (χ0v) is 12.5. The second-order valence-electron chi connectivity index (χ2n) is 5.11. The molecule has 3 rings (SSSR count). The molecule has 1 amide bonds. The highest BCUT2D eigenvalue weighted by Gasteiger charge is 2.19. The predicted octanol–water partition coefficient (Wildman–Crippen LogP) is 1.63. The van der Waals surface area contributed by atoms with E-state index in [1.54, 1.807) is 12.1 Å². The number of furan rings is 1. The Labute approximate surface area is 132 Å². The summed E-state index contributed by atoms with van der Waals surface area (Å²) in [6, 6.07) is 10.4. The van der Waals surface area contributed by atoms with Gasteiger partial charge in [-0.25, -0.2) is 4.68 Å². The van der Waals surface area contributed by atoms with Gasteiger partial charge in [0.1, 0.15) is 11.8 Å². The van der Waals surface area contributed by atoms with E-state index in [1.165, 1.54) is 17.1 Å². The van der Waals surface area contributed by atoms with Crippen LogP contribution < -0.4 is 5.32 Å². The standard InChI is InChI=1S/C16H16N4O3/c1-11-4-6-12(7-5-11)20-9-13(18-19-20)16(22)17-14(10-21)15-3-2-8-23-15/h2-9,14,21H,10H2,1H3,(H,17,22). The fourth-order valence-corrected chi connectivity index (χ4v) is 2.12. The van der Waals surface area contributed by atoms with E-state index in [-0.39, 0.29) is 12.3 Å². The molecule has 118 valence electrons. The highest BCUT2D eigenvalue weighted by Crippen LogP contribution is 2.14. The fourth-order valence-electron chi connectivity index (χ4n) is 2.12. The van der Waals surface area contributed by atoms with Crippen molar-refractivity contribution >= 4 is 5.91 Å². The number of hydrogen-bond donors (Lipinski definition) is 2. The summed E-state index contributed by atoms with van der Waals surface area (Å²) in [4.78, 5) is 12.2. The Morgan fingerprint density at radius 2 is 2.13 bits per heavy atom. The number of aryl methyl sites for hydroxylation is 1. The van der Waals surface area contributed by atoms with Crippen LogP contribution in [0.4, 0.5) is 0 Å². The Morgan fingerprint density at radius 3 is 2.78 bits per heavy atom. The van der Waals surface area contributed by atoms with Crippen LogP contribution in [0.5, 0.6) is 0 Å². The molecule has 0 bridgehead atoms. The lowest BCUT2D eigenvalue weighted by atomic mass is 10.2. The van der Waals surface area contributed by atoms with Crippen LogP contribution in [-0.2, 0) is 0 Å². The van der Waals surface area contributed by atoms with Crippen molar-refractivity contribution in [2.75, 3.05) is 6.61 Å². The molecule has 0 saturated carbocycles. The minimum absolute atomic E-state index is 0.163. The number of carbonyl (C=O) groups excluding carboxylic acids is 1. The van der Waals surface area contributed by atoms with E-state index in [2.05, 4.69) is 15.6 Å². The van der Waals surface area contributed by atoms with Crippen molar-refractivity contribution in [3.63, 3.8) is 0 Å². The number of hydrogen-bond acceptors (Lipinski definition) is 5. The molecule has 0 spiro atoms. The second kappa shape index (κ2) is 6.45. The van der Waals surface area contributed by atoms with Gasteiger partial charge in [-0.15, -0.1) is 5.10 Å². The minimum Gasteiger partial charge on any atom is -0.467 e. The maximum Gasteiger partial charge on any atom is 0.274 e. The molecule has 0 aliphatic rings. The van der Waals surface area contributed by atoms with E-state index in [0.717, 1.165) is 11.3 Å². The number of amides is 1. The van der Waals surface area contributed by atoms with Crippen LogP contribution in [-0.4, -0.2) is 32.6 Å². The summed E-state index contributed by atoms with van der Waals surface area (Å²) >= 11 is 0. The zero-order chi connectivity index (χ0) is 16.2. The molecule has 2 N–H and O–H groups in total. The van der Waals surface area contributed by atoms with Crippen molar-refractivity contribution in [1.82, 2.24) is 20.3 Å². The lowest BCUT2D eigenvalue weighted by molar-refractivity contribution is 0.0902. The SMILES string of the molecule is Cc1ccc(-n2cc(C(=O)NC(CO)c3ccco3)nn2)cc1. The van der Waals surface area contributed by atoms with Gasteiger partial charge >= 0.3 is 0 Å². The highest BCUT2D eigenvalue weighted by atomic mass is 16.3. The Bertz CT molecular complexity index is 778. The molecule has 0 radical (unpaired) electrons. The van der Waals surface area contributed by atoms with E-state index < -0.39 is 11.9 Å². The van der Waals surface area contributed by atoms with Gasteiger partial charge in [0.15, 0.2) is 5.69 Å². The van der Waals surface area contributed by atoms with Crippen LogP contribution in [0, 0.1) is 6.92 Å². The van der Waals surface area contributed by atoms with Gasteiger partial charge < -0.3 is 14.8 Å². The maximum atomic E-state index is 12.2. The topological polar surface area (TPSA) is 93.2 Å². The summed E-state index contributed by atoms with van der Waals surface area (Å²) in [5.41, 5.74) is 2.11. The number of aliphatic hydroxyl groups is 1. The van der Waals surface area contributed by atoms with Crippen LogP contribution in [0.3, 0.4) is 0 Å². The smallest absolute Gasteiger partial charge is 0.274 e. The van der Waals surface area contributed by atoms with Gasteiger partial charge in [-0.1, -0.05) is 22.9 Å². The first kappa shape index (κ1) is 15.0. The Hall–Kier alpha value is -2.93. The predicted molar refractivity (Wildman–Crippen MR) is 82.1 cm³/mol. The summed E-state index contributed by atoms with van der Waals surface area (Å²) in [5.74, 6) is 0.0468. The third-order valence-corrected chi connectivity index (χ3v) is 3.40. The lowest BCUT2D eigenvalue weighted by Crippen LogP contribution is -2.30. The van der Waals surface area contributed by atoms with Crippen molar-refractivity contribution in [2.24, 2.45) is 0 Å². The van der Waals surface area contributed by atoms with Gasteiger partial charge in [-0.3, -0.25) is 4.79 Å². The van der Waals surface area contributed by atoms with E-state index in [1.807, 2.05) is 31.2 Å².